The second-order valence-electron chi connectivity index (χ2n) is 5.54. The summed E-state index contributed by atoms with van der Waals surface area (Å²) < 4.78 is 10.5. The van der Waals surface area contributed by atoms with Gasteiger partial charge in [0.25, 0.3) is 0 Å². The summed E-state index contributed by atoms with van der Waals surface area (Å²) in [6, 6.07) is 9.42. The fourth-order valence-corrected chi connectivity index (χ4v) is 1.37. The molecule has 0 unspecified atom stereocenters. The number of ether oxygens (including phenoxy) is 2. The van der Waals surface area contributed by atoms with E-state index in [0.717, 1.165) is 12.3 Å². The van der Waals surface area contributed by atoms with Crippen molar-refractivity contribution in [1.29, 1.82) is 0 Å². The van der Waals surface area contributed by atoms with E-state index in [1.54, 1.807) is 0 Å². The van der Waals surface area contributed by atoms with Gasteiger partial charge in [-0.2, -0.15) is 0 Å². The molecule has 6 heteroatoms. The number of rotatable bonds is 9. The number of carboxylic acids is 1. The summed E-state index contributed by atoms with van der Waals surface area (Å²) in [6.07, 6.45) is 0.616. The standard InChI is InChI=1S/C15H21NO3.C4H6O2/c1-13(9-10-16(2)3)15(17)19-12-11-18-14-7-5-4-6-8-14;1-3(2)4(5)6/h4-8H,1,9-12H2,2-3H3;1H2,2H3,(H,5,6). The number of para-hydroxylation sites is 1. The Labute approximate surface area is 149 Å². The maximum atomic E-state index is 11.6. The maximum absolute atomic E-state index is 11.6. The van der Waals surface area contributed by atoms with Crippen LogP contribution in [0, 0.1) is 0 Å². The lowest BCUT2D eigenvalue weighted by atomic mass is 10.2. The lowest BCUT2D eigenvalue weighted by molar-refractivity contribution is -0.140. The van der Waals surface area contributed by atoms with Gasteiger partial charge in [0.15, 0.2) is 0 Å². The molecule has 0 aliphatic heterocycles. The Morgan fingerprint density at radius 1 is 1.12 bits per heavy atom. The fraction of sp³-hybridized carbons (Fsp3) is 0.368. The lowest BCUT2D eigenvalue weighted by Crippen LogP contribution is -2.18. The van der Waals surface area contributed by atoms with Gasteiger partial charge in [0.1, 0.15) is 19.0 Å². The molecule has 0 saturated carbocycles. The third kappa shape index (κ3) is 12.5. The van der Waals surface area contributed by atoms with Crippen LogP contribution < -0.4 is 4.74 Å². The molecule has 1 aromatic carbocycles. The van der Waals surface area contributed by atoms with Crippen molar-refractivity contribution in [3.8, 4) is 5.75 Å². The van der Waals surface area contributed by atoms with Gasteiger partial charge in [-0.05, 0) is 39.6 Å². The Balaban J connectivity index is 0.000000823. The van der Waals surface area contributed by atoms with Gasteiger partial charge in [-0.3, -0.25) is 0 Å². The largest absolute Gasteiger partial charge is 0.490 e. The highest BCUT2D eigenvalue weighted by molar-refractivity contribution is 5.87. The van der Waals surface area contributed by atoms with Crippen LogP contribution in [0.25, 0.3) is 0 Å². The summed E-state index contributed by atoms with van der Waals surface area (Å²) in [5.74, 6) is -0.515. The van der Waals surface area contributed by atoms with Crippen molar-refractivity contribution in [3.63, 3.8) is 0 Å². The van der Waals surface area contributed by atoms with Crippen molar-refractivity contribution in [3.05, 3.63) is 54.6 Å². The first-order valence-electron chi connectivity index (χ1n) is 7.80. The van der Waals surface area contributed by atoms with Crippen LogP contribution in [0.1, 0.15) is 13.3 Å². The van der Waals surface area contributed by atoms with Crippen LogP contribution in [0.3, 0.4) is 0 Å². The summed E-state index contributed by atoms with van der Waals surface area (Å²) in [5.41, 5.74) is 0.670. The minimum absolute atomic E-state index is 0.176. The lowest BCUT2D eigenvalue weighted by Gasteiger charge is -2.11. The van der Waals surface area contributed by atoms with Crippen LogP contribution in [-0.2, 0) is 14.3 Å². The summed E-state index contributed by atoms with van der Waals surface area (Å²) in [6.45, 7) is 9.68. The molecule has 0 bridgehead atoms. The zero-order valence-corrected chi connectivity index (χ0v) is 15.2. The number of nitrogens with zero attached hydrogens (tertiary/aromatic N) is 1. The third-order valence-corrected chi connectivity index (χ3v) is 2.84. The van der Waals surface area contributed by atoms with E-state index < -0.39 is 5.97 Å². The Hall–Kier alpha value is -2.60. The molecule has 1 aromatic rings. The monoisotopic (exact) mass is 349 g/mol. The number of esters is 1. The second-order valence-corrected chi connectivity index (χ2v) is 5.54. The molecule has 6 nitrogen and oxygen atoms in total. The summed E-state index contributed by atoms with van der Waals surface area (Å²) >= 11 is 0. The summed E-state index contributed by atoms with van der Waals surface area (Å²) in [5, 5.41) is 7.89. The van der Waals surface area contributed by atoms with Gasteiger partial charge in [-0.1, -0.05) is 31.4 Å². The molecule has 1 rings (SSSR count). The zero-order valence-electron chi connectivity index (χ0n) is 15.2. The van der Waals surface area contributed by atoms with E-state index in [-0.39, 0.29) is 18.1 Å². The van der Waals surface area contributed by atoms with Gasteiger partial charge in [-0.15, -0.1) is 0 Å². The number of carbonyl (C=O) groups excluding carboxylic acids is 1. The number of aliphatic carboxylic acids is 1. The Morgan fingerprint density at radius 2 is 1.68 bits per heavy atom. The quantitative estimate of drug-likeness (QED) is 0.420. The topological polar surface area (TPSA) is 76.1 Å². The highest BCUT2D eigenvalue weighted by atomic mass is 16.6. The molecule has 138 valence electrons. The van der Waals surface area contributed by atoms with E-state index in [9.17, 15) is 9.59 Å². The molecule has 0 radical (unpaired) electrons. The molecule has 25 heavy (non-hydrogen) atoms. The molecule has 0 amide bonds. The number of carbonyl (C=O) groups is 2. The summed E-state index contributed by atoms with van der Waals surface area (Å²) in [4.78, 5) is 23.2. The first kappa shape index (κ1) is 22.4. The number of carboxylic acid groups (broad SMARTS) is 1. The molecule has 0 atom stereocenters. The maximum Gasteiger partial charge on any atom is 0.333 e. The van der Waals surface area contributed by atoms with Crippen molar-refractivity contribution in [2.75, 3.05) is 33.9 Å². The third-order valence-electron chi connectivity index (χ3n) is 2.84. The van der Waals surface area contributed by atoms with Gasteiger partial charge in [0.05, 0.1) is 0 Å². The zero-order chi connectivity index (χ0) is 19.2. The van der Waals surface area contributed by atoms with Crippen LogP contribution in [-0.4, -0.2) is 55.8 Å². The number of hydrogen-bond acceptors (Lipinski definition) is 5. The average Bonchev–Trinajstić information content (AvgIpc) is 2.57. The van der Waals surface area contributed by atoms with Gasteiger partial charge < -0.3 is 19.5 Å². The molecule has 1 N–H and O–H groups in total. The minimum Gasteiger partial charge on any atom is -0.490 e. The number of hydrogen-bond donors (Lipinski definition) is 1. The predicted molar refractivity (Wildman–Crippen MR) is 97.7 cm³/mol. The highest BCUT2D eigenvalue weighted by Crippen LogP contribution is 2.08. The van der Waals surface area contributed by atoms with E-state index in [2.05, 4.69) is 13.2 Å². The molecule has 0 aromatic heterocycles. The molecule has 0 aliphatic rings. The van der Waals surface area contributed by atoms with E-state index in [1.807, 2.05) is 49.3 Å². The molecule has 0 aliphatic carbocycles. The van der Waals surface area contributed by atoms with Crippen molar-refractivity contribution < 1.29 is 24.2 Å². The van der Waals surface area contributed by atoms with Gasteiger partial charge in [-0.25, -0.2) is 9.59 Å². The van der Waals surface area contributed by atoms with Crippen LogP contribution in [0.15, 0.2) is 54.6 Å². The van der Waals surface area contributed by atoms with Gasteiger partial charge >= 0.3 is 11.9 Å². The highest BCUT2D eigenvalue weighted by Gasteiger charge is 2.08. The Morgan fingerprint density at radius 3 is 2.16 bits per heavy atom. The molecule has 0 spiro atoms. The van der Waals surface area contributed by atoms with Crippen molar-refractivity contribution in [2.24, 2.45) is 0 Å². The van der Waals surface area contributed by atoms with Gasteiger partial charge in [0, 0.05) is 17.7 Å². The predicted octanol–water partition coefficient (Wildman–Crippen LogP) is 2.76. The number of benzene rings is 1. The average molecular weight is 349 g/mol. The van der Waals surface area contributed by atoms with E-state index in [4.69, 9.17) is 14.6 Å². The first-order valence-corrected chi connectivity index (χ1v) is 7.80. The first-order chi connectivity index (χ1) is 11.7. The molecule has 0 fully saturated rings. The van der Waals surface area contributed by atoms with Crippen LogP contribution in [0.2, 0.25) is 0 Å². The minimum atomic E-state index is -0.935. The normalized spacial score (nSPS) is 9.60. The van der Waals surface area contributed by atoms with Crippen molar-refractivity contribution in [2.45, 2.75) is 13.3 Å². The van der Waals surface area contributed by atoms with E-state index in [1.165, 1.54) is 6.92 Å². The fourth-order valence-electron chi connectivity index (χ4n) is 1.37. The van der Waals surface area contributed by atoms with Crippen LogP contribution >= 0.6 is 0 Å². The second kappa shape index (κ2) is 12.8. The SMILES string of the molecule is C=C(C)C(=O)O.C=C(CCN(C)C)C(=O)OCCOc1ccccc1. The Bertz CT molecular complexity index is 554. The molecular formula is C19H27NO5. The Kier molecular flexibility index (Phi) is 11.4. The van der Waals surface area contributed by atoms with Crippen molar-refractivity contribution in [1.82, 2.24) is 4.90 Å². The van der Waals surface area contributed by atoms with Gasteiger partial charge in [0.2, 0.25) is 0 Å². The van der Waals surface area contributed by atoms with Crippen LogP contribution in [0.4, 0.5) is 0 Å². The van der Waals surface area contributed by atoms with E-state index in [0.29, 0.717) is 18.6 Å². The van der Waals surface area contributed by atoms with Crippen molar-refractivity contribution >= 4 is 11.9 Å². The molecule has 0 heterocycles. The summed E-state index contributed by atoms with van der Waals surface area (Å²) in [7, 11) is 3.90. The molecular weight excluding hydrogens is 322 g/mol. The van der Waals surface area contributed by atoms with Crippen LogP contribution in [0.5, 0.6) is 5.75 Å². The molecule has 0 saturated heterocycles. The smallest absolute Gasteiger partial charge is 0.333 e. The van der Waals surface area contributed by atoms with E-state index >= 15 is 0 Å².